The van der Waals surface area contributed by atoms with Crippen LogP contribution in [0, 0.1) is 5.92 Å². The second-order valence-corrected chi connectivity index (χ2v) is 5.69. The Bertz CT molecular complexity index is 806. The van der Waals surface area contributed by atoms with Gasteiger partial charge >= 0.3 is 5.97 Å². The van der Waals surface area contributed by atoms with Crippen molar-refractivity contribution in [1.29, 1.82) is 0 Å². The minimum absolute atomic E-state index is 0.263. The van der Waals surface area contributed by atoms with E-state index in [-0.39, 0.29) is 11.4 Å². The molecule has 2 heterocycles. The number of carbonyl (C=O) groups is 4. The molecule has 2 aliphatic heterocycles. The van der Waals surface area contributed by atoms with Gasteiger partial charge in [-0.05, 0) is 18.2 Å². The van der Waals surface area contributed by atoms with Crippen LogP contribution in [0.3, 0.4) is 0 Å². The molecule has 24 heavy (non-hydrogen) atoms. The standard InChI is InChI=1S/C15H12ClN3O5/c1-7(20)19-12-10(11(17-19)15(23)24-2)13(21)18(14(12)22)9-5-3-4-8(16)6-9/h3-6,10,12H,1-2H3/t10-,12+/m0/s1. The largest absolute Gasteiger partial charge is 0.464 e. The number of imide groups is 1. The molecular weight excluding hydrogens is 338 g/mol. The molecule has 1 aromatic rings. The minimum atomic E-state index is -1.19. The maximum atomic E-state index is 12.7. The van der Waals surface area contributed by atoms with Crippen LogP contribution in [0.2, 0.25) is 5.02 Å². The van der Waals surface area contributed by atoms with Gasteiger partial charge in [-0.3, -0.25) is 14.4 Å². The van der Waals surface area contributed by atoms with Gasteiger partial charge in [-0.15, -0.1) is 0 Å². The van der Waals surface area contributed by atoms with E-state index >= 15 is 0 Å². The lowest BCUT2D eigenvalue weighted by Gasteiger charge is -2.19. The summed E-state index contributed by atoms with van der Waals surface area (Å²) in [6.45, 7) is 1.20. The summed E-state index contributed by atoms with van der Waals surface area (Å²) in [6, 6.07) is 4.98. The number of methoxy groups -OCH3 is 1. The Morgan fingerprint density at radius 3 is 2.54 bits per heavy atom. The van der Waals surface area contributed by atoms with Crippen LogP contribution >= 0.6 is 11.6 Å². The molecule has 0 spiro atoms. The highest BCUT2D eigenvalue weighted by atomic mass is 35.5. The lowest BCUT2D eigenvalue weighted by atomic mass is 9.98. The zero-order valence-corrected chi connectivity index (χ0v) is 13.5. The molecule has 1 saturated heterocycles. The van der Waals surface area contributed by atoms with Gasteiger partial charge in [0.15, 0.2) is 11.8 Å². The van der Waals surface area contributed by atoms with Crippen molar-refractivity contribution in [2.75, 3.05) is 12.0 Å². The number of hydrogen-bond acceptors (Lipinski definition) is 6. The fourth-order valence-corrected chi connectivity index (χ4v) is 3.00. The van der Waals surface area contributed by atoms with Crippen LogP contribution in [-0.2, 0) is 23.9 Å². The van der Waals surface area contributed by atoms with E-state index in [9.17, 15) is 19.2 Å². The van der Waals surface area contributed by atoms with Crippen molar-refractivity contribution in [2.45, 2.75) is 13.0 Å². The van der Waals surface area contributed by atoms with Crippen LogP contribution in [0.25, 0.3) is 0 Å². The third-order valence-corrected chi connectivity index (χ3v) is 4.07. The summed E-state index contributed by atoms with van der Waals surface area (Å²) in [7, 11) is 1.13. The first kappa shape index (κ1) is 16.1. The summed E-state index contributed by atoms with van der Waals surface area (Å²) in [5, 5.41) is 5.01. The summed E-state index contributed by atoms with van der Waals surface area (Å²) in [6.07, 6.45) is 0. The van der Waals surface area contributed by atoms with Crippen LogP contribution in [-0.4, -0.2) is 47.6 Å². The molecule has 0 aliphatic carbocycles. The molecule has 0 unspecified atom stereocenters. The molecule has 9 heteroatoms. The number of rotatable bonds is 2. The second-order valence-electron chi connectivity index (χ2n) is 5.25. The number of carbonyl (C=O) groups excluding carboxylic acids is 4. The Balaban J connectivity index is 2.07. The molecule has 0 N–H and O–H groups in total. The van der Waals surface area contributed by atoms with E-state index < -0.39 is 35.7 Å². The Labute approximate surface area is 141 Å². The van der Waals surface area contributed by atoms with Gasteiger partial charge < -0.3 is 4.74 Å². The van der Waals surface area contributed by atoms with Crippen LogP contribution in [0.5, 0.6) is 0 Å². The van der Waals surface area contributed by atoms with E-state index in [2.05, 4.69) is 9.84 Å². The van der Waals surface area contributed by atoms with Crippen molar-refractivity contribution >= 4 is 46.7 Å². The molecule has 0 radical (unpaired) electrons. The van der Waals surface area contributed by atoms with Gasteiger partial charge in [-0.2, -0.15) is 5.10 Å². The Morgan fingerprint density at radius 2 is 1.96 bits per heavy atom. The fourth-order valence-electron chi connectivity index (χ4n) is 2.82. The minimum Gasteiger partial charge on any atom is -0.464 e. The molecule has 0 aromatic heterocycles. The Kier molecular flexibility index (Phi) is 3.84. The number of benzene rings is 1. The lowest BCUT2D eigenvalue weighted by Crippen LogP contribution is -2.41. The van der Waals surface area contributed by atoms with Crippen molar-refractivity contribution < 1.29 is 23.9 Å². The Hall–Kier alpha value is -2.74. The summed E-state index contributed by atoms with van der Waals surface area (Å²) < 4.78 is 4.60. The first-order valence-electron chi connectivity index (χ1n) is 6.96. The van der Waals surface area contributed by atoms with Crippen molar-refractivity contribution in [3.63, 3.8) is 0 Å². The summed E-state index contributed by atoms with van der Waals surface area (Å²) in [5.74, 6) is -3.90. The van der Waals surface area contributed by atoms with Gasteiger partial charge in [0.2, 0.25) is 11.8 Å². The van der Waals surface area contributed by atoms with Crippen molar-refractivity contribution in [1.82, 2.24) is 5.01 Å². The Morgan fingerprint density at radius 1 is 1.25 bits per heavy atom. The summed E-state index contributed by atoms with van der Waals surface area (Å²) in [5.41, 5.74) is 0.000181. The third kappa shape index (κ3) is 2.26. The van der Waals surface area contributed by atoms with E-state index in [0.29, 0.717) is 5.02 Å². The molecule has 0 bridgehead atoms. The lowest BCUT2D eigenvalue weighted by molar-refractivity contribution is -0.136. The zero-order chi connectivity index (χ0) is 17.6. The van der Waals surface area contributed by atoms with Gasteiger partial charge in [-0.25, -0.2) is 14.7 Å². The molecule has 124 valence electrons. The SMILES string of the molecule is COC(=O)C1=NN(C(C)=O)[C@H]2C(=O)N(c3cccc(Cl)c3)C(=O)[C@@H]12. The molecule has 3 amide bonds. The fraction of sp³-hybridized carbons (Fsp3) is 0.267. The molecule has 0 saturated carbocycles. The van der Waals surface area contributed by atoms with Crippen molar-refractivity contribution in [3.05, 3.63) is 29.3 Å². The molecular formula is C15H12ClN3O5. The number of halogens is 1. The smallest absolute Gasteiger partial charge is 0.355 e. The monoisotopic (exact) mass is 349 g/mol. The van der Waals surface area contributed by atoms with Crippen LogP contribution in [0.4, 0.5) is 5.69 Å². The number of esters is 1. The van der Waals surface area contributed by atoms with Crippen molar-refractivity contribution in [2.24, 2.45) is 11.0 Å². The topological polar surface area (TPSA) is 96.3 Å². The van der Waals surface area contributed by atoms with Gasteiger partial charge in [0.05, 0.1) is 12.8 Å². The average molecular weight is 350 g/mol. The second kappa shape index (κ2) is 5.72. The number of ether oxygens (including phenoxy) is 1. The molecule has 2 atom stereocenters. The molecule has 2 aliphatic rings. The highest BCUT2D eigenvalue weighted by Crippen LogP contribution is 2.36. The molecule has 8 nitrogen and oxygen atoms in total. The number of anilines is 1. The highest BCUT2D eigenvalue weighted by molar-refractivity contribution is 6.47. The number of nitrogens with zero attached hydrogens (tertiary/aromatic N) is 3. The number of amides is 3. The van der Waals surface area contributed by atoms with Gasteiger partial charge in [0, 0.05) is 11.9 Å². The number of hydrazone groups is 1. The van der Waals surface area contributed by atoms with E-state index in [4.69, 9.17) is 11.6 Å². The van der Waals surface area contributed by atoms with E-state index in [1.165, 1.54) is 19.1 Å². The molecule has 3 rings (SSSR count). The van der Waals surface area contributed by atoms with Crippen LogP contribution in [0.15, 0.2) is 29.4 Å². The average Bonchev–Trinajstić information content (AvgIpc) is 3.05. The van der Waals surface area contributed by atoms with Crippen LogP contribution in [0.1, 0.15) is 6.92 Å². The first-order valence-corrected chi connectivity index (χ1v) is 7.34. The van der Waals surface area contributed by atoms with Gasteiger partial charge in [0.1, 0.15) is 5.92 Å². The van der Waals surface area contributed by atoms with E-state index in [0.717, 1.165) is 17.0 Å². The highest BCUT2D eigenvalue weighted by Gasteiger charge is 2.59. The molecule has 1 fully saturated rings. The summed E-state index contributed by atoms with van der Waals surface area (Å²) in [4.78, 5) is 50.0. The predicted molar refractivity (Wildman–Crippen MR) is 83.2 cm³/mol. The summed E-state index contributed by atoms with van der Waals surface area (Å²) >= 11 is 5.91. The maximum Gasteiger partial charge on any atom is 0.355 e. The molecule has 1 aromatic carbocycles. The van der Waals surface area contributed by atoms with E-state index in [1.807, 2.05) is 0 Å². The number of fused-ring (bicyclic) bond motifs is 1. The van der Waals surface area contributed by atoms with E-state index in [1.54, 1.807) is 12.1 Å². The van der Waals surface area contributed by atoms with Gasteiger partial charge in [0.25, 0.3) is 5.91 Å². The first-order chi connectivity index (χ1) is 11.4. The zero-order valence-electron chi connectivity index (χ0n) is 12.7. The maximum absolute atomic E-state index is 12.7. The quantitative estimate of drug-likeness (QED) is 0.575. The van der Waals surface area contributed by atoms with Crippen LogP contribution < -0.4 is 4.90 Å². The normalized spacial score (nSPS) is 22.5. The predicted octanol–water partition coefficient (Wildman–Crippen LogP) is 0.589. The van der Waals surface area contributed by atoms with Gasteiger partial charge in [-0.1, -0.05) is 17.7 Å². The van der Waals surface area contributed by atoms with Crippen molar-refractivity contribution in [3.8, 4) is 0 Å². The number of hydrogen-bond donors (Lipinski definition) is 0. The third-order valence-electron chi connectivity index (χ3n) is 3.83.